The van der Waals surface area contributed by atoms with Crippen molar-refractivity contribution in [2.24, 2.45) is 0 Å². The van der Waals surface area contributed by atoms with E-state index in [1.54, 1.807) is 18.2 Å². The first kappa shape index (κ1) is 23.0. The smallest absolute Gasteiger partial charge is 0.338 e. The molecule has 6 N–H and O–H groups in total. The Hall–Kier alpha value is -1.67. The zero-order valence-corrected chi connectivity index (χ0v) is 15.9. The number of carbonyl (C=O) groups is 1. The summed E-state index contributed by atoms with van der Waals surface area (Å²) in [6, 6.07) is 7.97. The molecule has 0 saturated carbocycles. The van der Waals surface area contributed by atoms with Gasteiger partial charge in [-0.3, -0.25) is 0 Å². The Morgan fingerprint density at radius 3 is 2.23 bits per heavy atom. The molecule has 9 atom stereocenters. The third kappa shape index (κ3) is 4.80. The molecule has 0 unspecified atom stereocenters. The van der Waals surface area contributed by atoms with Crippen LogP contribution in [0.15, 0.2) is 30.3 Å². The van der Waals surface area contributed by atoms with Gasteiger partial charge < -0.3 is 49.6 Å². The predicted octanol–water partition coefficient (Wildman–Crippen LogP) is -2.85. The maximum atomic E-state index is 12.3. The summed E-state index contributed by atoms with van der Waals surface area (Å²) in [7, 11) is 0. The Morgan fingerprint density at radius 1 is 0.933 bits per heavy atom. The van der Waals surface area contributed by atoms with Crippen LogP contribution >= 0.6 is 0 Å². The van der Waals surface area contributed by atoms with Crippen molar-refractivity contribution in [1.82, 2.24) is 0 Å². The molecular formula is C19H26O11. The topological polar surface area (TPSA) is 175 Å². The van der Waals surface area contributed by atoms with Crippen LogP contribution in [0.5, 0.6) is 0 Å². The number of aliphatic hydroxyl groups excluding tert-OH is 6. The minimum absolute atomic E-state index is 0.212. The van der Waals surface area contributed by atoms with Crippen LogP contribution < -0.4 is 0 Å². The average molecular weight is 430 g/mol. The summed E-state index contributed by atoms with van der Waals surface area (Å²) in [5.41, 5.74) is 0.212. The van der Waals surface area contributed by atoms with E-state index < -0.39 is 74.3 Å². The van der Waals surface area contributed by atoms with E-state index in [-0.39, 0.29) is 12.2 Å². The van der Waals surface area contributed by atoms with Gasteiger partial charge in [0.1, 0.15) is 42.7 Å². The molecule has 168 valence electrons. The van der Waals surface area contributed by atoms with Crippen LogP contribution in [-0.4, -0.2) is 112 Å². The lowest BCUT2D eigenvalue weighted by atomic mass is 9.97. The predicted molar refractivity (Wildman–Crippen MR) is 97.1 cm³/mol. The van der Waals surface area contributed by atoms with Crippen LogP contribution in [-0.2, 0) is 18.9 Å². The standard InChI is InChI=1S/C19H26O11/c20-6-10-13(22)14(23)12(8-27-10)29-19-16(25)15(24)17(11(7-21)28-19)30-18(26)9-4-2-1-3-5-9/h1-5,10-17,19-25H,6-8H2/t10-,11-,12+,13-,14-,15-,16-,17+,19-/m1/s1. The number of hydrogen-bond donors (Lipinski definition) is 6. The highest BCUT2D eigenvalue weighted by atomic mass is 16.7. The lowest BCUT2D eigenvalue weighted by molar-refractivity contribution is -0.331. The first-order chi connectivity index (χ1) is 14.4. The Bertz CT molecular complexity index is 684. The molecule has 2 aliphatic heterocycles. The van der Waals surface area contributed by atoms with Gasteiger partial charge in [0.2, 0.25) is 0 Å². The number of rotatable bonds is 6. The van der Waals surface area contributed by atoms with E-state index in [4.69, 9.17) is 24.1 Å². The van der Waals surface area contributed by atoms with Crippen molar-refractivity contribution >= 4 is 5.97 Å². The lowest BCUT2D eigenvalue weighted by Gasteiger charge is -2.44. The molecule has 3 rings (SSSR count). The van der Waals surface area contributed by atoms with E-state index in [2.05, 4.69) is 0 Å². The number of carbonyl (C=O) groups excluding carboxylic acids is 1. The molecule has 0 aromatic heterocycles. The number of aliphatic hydroxyl groups is 6. The van der Waals surface area contributed by atoms with Crippen molar-refractivity contribution in [3.05, 3.63) is 35.9 Å². The molecular weight excluding hydrogens is 404 g/mol. The fourth-order valence-corrected chi connectivity index (χ4v) is 3.38. The first-order valence-corrected chi connectivity index (χ1v) is 9.50. The fourth-order valence-electron chi connectivity index (χ4n) is 3.38. The molecule has 0 amide bonds. The first-order valence-electron chi connectivity index (χ1n) is 9.50. The average Bonchev–Trinajstić information content (AvgIpc) is 2.77. The third-order valence-electron chi connectivity index (χ3n) is 5.15. The fraction of sp³-hybridized carbons (Fsp3) is 0.632. The number of ether oxygens (including phenoxy) is 4. The molecule has 1 aromatic rings. The van der Waals surface area contributed by atoms with Crippen LogP contribution in [0.2, 0.25) is 0 Å². The second-order valence-electron chi connectivity index (χ2n) is 7.15. The molecule has 0 radical (unpaired) electrons. The van der Waals surface area contributed by atoms with Gasteiger partial charge in [-0.15, -0.1) is 0 Å². The van der Waals surface area contributed by atoms with Gasteiger partial charge >= 0.3 is 5.97 Å². The van der Waals surface area contributed by atoms with E-state index >= 15 is 0 Å². The monoisotopic (exact) mass is 430 g/mol. The summed E-state index contributed by atoms with van der Waals surface area (Å²) in [4.78, 5) is 12.3. The second kappa shape index (κ2) is 10.1. The number of esters is 1. The van der Waals surface area contributed by atoms with Crippen molar-refractivity contribution in [2.75, 3.05) is 19.8 Å². The Balaban J connectivity index is 1.66. The van der Waals surface area contributed by atoms with Crippen molar-refractivity contribution in [2.45, 2.75) is 55.1 Å². The van der Waals surface area contributed by atoms with Crippen LogP contribution in [0.1, 0.15) is 10.4 Å². The molecule has 1 aromatic carbocycles. The largest absolute Gasteiger partial charge is 0.453 e. The number of hydrogen-bond acceptors (Lipinski definition) is 11. The van der Waals surface area contributed by atoms with Gasteiger partial charge in [0.15, 0.2) is 12.4 Å². The molecule has 2 fully saturated rings. The van der Waals surface area contributed by atoms with E-state index in [1.807, 2.05) is 0 Å². The highest BCUT2D eigenvalue weighted by Crippen LogP contribution is 2.28. The van der Waals surface area contributed by atoms with Gasteiger partial charge in [0.05, 0.1) is 25.4 Å². The summed E-state index contributed by atoms with van der Waals surface area (Å²) in [6.45, 7) is -1.38. The highest BCUT2D eigenvalue weighted by molar-refractivity contribution is 5.89. The maximum absolute atomic E-state index is 12.3. The minimum Gasteiger partial charge on any atom is -0.453 e. The second-order valence-corrected chi connectivity index (χ2v) is 7.15. The molecule has 0 bridgehead atoms. The van der Waals surface area contributed by atoms with Gasteiger partial charge in [-0.1, -0.05) is 18.2 Å². The Kier molecular flexibility index (Phi) is 7.74. The van der Waals surface area contributed by atoms with Crippen LogP contribution in [0, 0.1) is 0 Å². The molecule has 11 nitrogen and oxygen atoms in total. The SMILES string of the molecule is O=C(O[C@@H]1[C@H](O)[C@@H](O)[C@@H](O[C@H]2CO[C@H](CO)[C@@H](O)[C@@H]2O)O[C@@H]1CO)c1ccccc1. The quantitative estimate of drug-likeness (QED) is 0.256. The van der Waals surface area contributed by atoms with Crippen molar-refractivity contribution in [1.29, 1.82) is 0 Å². The summed E-state index contributed by atoms with van der Waals surface area (Å²) >= 11 is 0. The van der Waals surface area contributed by atoms with Crippen LogP contribution in [0.4, 0.5) is 0 Å². The van der Waals surface area contributed by atoms with Gasteiger partial charge in [-0.2, -0.15) is 0 Å². The zero-order chi connectivity index (χ0) is 21.8. The van der Waals surface area contributed by atoms with Crippen molar-refractivity contribution in [3.63, 3.8) is 0 Å². The van der Waals surface area contributed by atoms with E-state index in [9.17, 15) is 30.3 Å². The van der Waals surface area contributed by atoms with Crippen LogP contribution in [0.3, 0.4) is 0 Å². The molecule has 2 heterocycles. The molecule has 0 spiro atoms. The Labute approximate surface area is 172 Å². The molecule has 30 heavy (non-hydrogen) atoms. The summed E-state index contributed by atoms with van der Waals surface area (Å²) in [6.07, 6.45) is -12.5. The molecule has 2 aliphatic rings. The molecule has 11 heteroatoms. The van der Waals surface area contributed by atoms with E-state index in [1.165, 1.54) is 12.1 Å². The van der Waals surface area contributed by atoms with Gasteiger partial charge in [-0.05, 0) is 12.1 Å². The third-order valence-corrected chi connectivity index (χ3v) is 5.15. The van der Waals surface area contributed by atoms with Crippen molar-refractivity contribution in [3.8, 4) is 0 Å². The van der Waals surface area contributed by atoms with Gasteiger partial charge in [0.25, 0.3) is 0 Å². The lowest BCUT2D eigenvalue weighted by Crippen LogP contribution is -2.63. The molecule has 2 saturated heterocycles. The van der Waals surface area contributed by atoms with Crippen LogP contribution in [0.25, 0.3) is 0 Å². The highest BCUT2D eigenvalue weighted by Gasteiger charge is 2.49. The van der Waals surface area contributed by atoms with Gasteiger partial charge in [0, 0.05) is 0 Å². The Morgan fingerprint density at radius 2 is 1.60 bits per heavy atom. The number of benzene rings is 1. The summed E-state index contributed by atoms with van der Waals surface area (Å²) in [5, 5.41) is 59.7. The normalized spacial score (nSPS) is 39.5. The van der Waals surface area contributed by atoms with Gasteiger partial charge in [-0.25, -0.2) is 4.79 Å². The minimum atomic E-state index is -1.69. The van der Waals surface area contributed by atoms with Crippen molar-refractivity contribution < 1.29 is 54.4 Å². The zero-order valence-electron chi connectivity index (χ0n) is 15.9. The molecule has 0 aliphatic carbocycles. The summed E-state index contributed by atoms with van der Waals surface area (Å²) in [5.74, 6) is -0.775. The maximum Gasteiger partial charge on any atom is 0.338 e. The van der Waals surface area contributed by atoms with E-state index in [0.717, 1.165) is 0 Å². The van der Waals surface area contributed by atoms with E-state index in [0.29, 0.717) is 0 Å². The summed E-state index contributed by atoms with van der Waals surface area (Å²) < 4.78 is 21.3.